The Hall–Kier alpha value is -17.8. The lowest BCUT2D eigenvalue weighted by molar-refractivity contribution is 0.672. The summed E-state index contributed by atoms with van der Waals surface area (Å²) >= 11 is 1.91. The fraction of sp³-hybridized carbons (Fsp3) is 0. The molecule has 0 spiro atoms. The lowest BCUT2D eigenvalue weighted by Crippen LogP contribution is -2.18. The van der Waals surface area contributed by atoms with Gasteiger partial charge in [0.05, 0.1) is 95.1 Å². The van der Waals surface area contributed by atoms with E-state index in [1.165, 1.54) is 148 Å². The van der Waals surface area contributed by atoms with E-state index >= 15 is 0 Å². The van der Waals surface area contributed by atoms with Crippen LogP contribution in [0.15, 0.2) is 482 Å². The zero-order valence-electron chi connectivity index (χ0n) is 72.9. The van der Waals surface area contributed by atoms with Crippen molar-refractivity contribution in [2.75, 3.05) is 14.7 Å². The molecule has 630 valence electrons. The van der Waals surface area contributed by atoms with Gasteiger partial charge in [-0.05, 0) is 224 Å². The van der Waals surface area contributed by atoms with Crippen molar-refractivity contribution in [2.45, 2.75) is 0 Å². The monoisotopic (exact) mass is 1740 g/mol. The van der Waals surface area contributed by atoms with Crippen LogP contribution in [-0.2, 0) is 0 Å². The summed E-state index contributed by atoms with van der Waals surface area (Å²) in [7, 11) is 0. The first-order valence-corrected chi connectivity index (χ1v) is 46.9. The van der Waals surface area contributed by atoms with Crippen LogP contribution in [0.25, 0.3) is 213 Å². The molecular formula is C126H78N6O2S. The Morgan fingerprint density at radius 2 is 0.430 bits per heavy atom. The fourth-order valence-corrected chi connectivity index (χ4v) is 23.2. The van der Waals surface area contributed by atoms with E-state index in [9.17, 15) is 0 Å². The number of para-hydroxylation sites is 11. The SMILES string of the molecule is c1ccc(-c2cc(-c3ccccc3)cc(N3c4ccccc4-n4c5ccc6c7ccccc7oc6c5c5cccc3c54)c2)cc1.c1ccc(-c2cc(-c3ccccc3)cc(N3c4ccccc4-n4c5ccc6c7ccccc7oc6c5c5cccc3c54)c2)cc1.c1ccc(-c2cc(-c3ccccc3)cc(N3c4ccccc4-n4c5ccc6c7ccccc7sc6c5c5cccc3c54)c2)cc1. The number of nitrogens with zero attached hydrogens (tertiary/aromatic N) is 6. The Kier molecular flexibility index (Phi) is 17.2. The van der Waals surface area contributed by atoms with Gasteiger partial charge in [-0.25, -0.2) is 0 Å². The number of benzene rings is 21. The van der Waals surface area contributed by atoms with E-state index in [1.54, 1.807) is 0 Å². The molecule has 0 saturated heterocycles. The van der Waals surface area contributed by atoms with Crippen LogP contribution < -0.4 is 14.7 Å². The summed E-state index contributed by atoms with van der Waals surface area (Å²) in [6.07, 6.45) is 0. The van der Waals surface area contributed by atoms with Crippen molar-refractivity contribution in [1.82, 2.24) is 13.7 Å². The molecule has 21 aromatic carbocycles. The second kappa shape index (κ2) is 30.4. The van der Waals surface area contributed by atoms with E-state index in [0.717, 1.165) is 117 Å². The molecule has 3 aliphatic heterocycles. The van der Waals surface area contributed by atoms with Gasteiger partial charge in [-0.3, -0.25) is 0 Å². The first-order valence-electron chi connectivity index (χ1n) is 46.1. The lowest BCUT2D eigenvalue weighted by atomic mass is 9.97. The third-order valence-electron chi connectivity index (χ3n) is 27.8. The summed E-state index contributed by atoms with van der Waals surface area (Å²) in [6.45, 7) is 0. The van der Waals surface area contributed by atoms with Crippen molar-refractivity contribution >= 4 is 192 Å². The van der Waals surface area contributed by atoms with Crippen molar-refractivity contribution in [3.63, 3.8) is 0 Å². The molecular weight excluding hydrogens is 1660 g/mol. The van der Waals surface area contributed by atoms with Crippen LogP contribution in [0, 0.1) is 0 Å². The van der Waals surface area contributed by atoms with Gasteiger partial charge in [0.15, 0.2) is 0 Å². The average Bonchev–Trinajstić information content (AvgIpc) is 1.55. The van der Waals surface area contributed by atoms with Crippen LogP contribution in [0.2, 0.25) is 0 Å². The standard InChI is InChI=1S/2C42H26N2O.C42H26N2S/c3*1-3-12-27(13-4-1)29-24-30(28-14-5-2-6-15-28)26-31(25-29)43-35-18-8-9-19-36(35)44-37-23-22-33-32-16-7-10-21-39(32)45-42(33)40(37)34-17-11-20-38(43)41(34)44/h3*1-26H. The summed E-state index contributed by atoms with van der Waals surface area (Å²) in [6, 6.07) is 171. The quantitative estimate of drug-likeness (QED) is 0.144. The normalized spacial score (nSPS) is 12.4. The summed E-state index contributed by atoms with van der Waals surface area (Å²) in [5, 5.41) is 14.6. The van der Waals surface area contributed by atoms with Crippen molar-refractivity contribution in [1.29, 1.82) is 0 Å². The molecule has 0 saturated carbocycles. The van der Waals surface area contributed by atoms with Gasteiger partial charge < -0.3 is 37.2 Å². The van der Waals surface area contributed by atoms with Gasteiger partial charge >= 0.3 is 0 Å². The number of aromatic nitrogens is 3. The van der Waals surface area contributed by atoms with Crippen molar-refractivity contribution < 1.29 is 8.83 Å². The minimum Gasteiger partial charge on any atom is -0.455 e. The second-order valence-electron chi connectivity index (χ2n) is 35.3. The number of hydrogen-bond donors (Lipinski definition) is 0. The molecule has 8 nitrogen and oxygen atoms in total. The van der Waals surface area contributed by atoms with Gasteiger partial charge in [0.2, 0.25) is 0 Å². The topological polar surface area (TPSA) is 50.8 Å². The van der Waals surface area contributed by atoms with Crippen LogP contribution in [0.1, 0.15) is 0 Å². The number of furan rings is 2. The van der Waals surface area contributed by atoms with Crippen molar-refractivity contribution in [2.24, 2.45) is 0 Å². The zero-order valence-corrected chi connectivity index (χ0v) is 73.8. The molecule has 0 unspecified atom stereocenters. The molecule has 135 heavy (non-hydrogen) atoms. The molecule has 0 N–H and O–H groups in total. The van der Waals surface area contributed by atoms with Crippen LogP contribution in [0.5, 0.6) is 0 Å². The second-order valence-corrected chi connectivity index (χ2v) is 36.4. The van der Waals surface area contributed by atoms with Crippen molar-refractivity contribution in [3.8, 4) is 83.8 Å². The minimum atomic E-state index is 0.917. The van der Waals surface area contributed by atoms with E-state index in [2.05, 4.69) is 489 Å². The maximum atomic E-state index is 6.59. The van der Waals surface area contributed by atoms with E-state index in [1.807, 2.05) is 23.5 Å². The molecule has 9 heteroatoms. The maximum absolute atomic E-state index is 6.59. The predicted molar refractivity (Wildman–Crippen MR) is 567 cm³/mol. The van der Waals surface area contributed by atoms with Gasteiger partial charge in [-0.15, -0.1) is 11.3 Å². The third kappa shape index (κ3) is 11.9. The smallest absolute Gasteiger partial charge is 0.145 e. The summed E-state index contributed by atoms with van der Waals surface area (Å²) in [4.78, 5) is 7.34. The van der Waals surface area contributed by atoms with Gasteiger partial charge in [0, 0.05) is 80.3 Å². The number of rotatable bonds is 9. The van der Waals surface area contributed by atoms with Crippen molar-refractivity contribution in [3.05, 3.63) is 473 Å². The summed E-state index contributed by atoms with van der Waals surface area (Å²) in [5.74, 6) is 0. The van der Waals surface area contributed by atoms with Crippen LogP contribution >= 0.6 is 11.3 Å². The minimum absolute atomic E-state index is 0.917. The Morgan fingerprint density at radius 1 is 0.170 bits per heavy atom. The van der Waals surface area contributed by atoms with Gasteiger partial charge in [0.25, 0.3) is 0 Å². The van der Waals surface area contributed by atoms with E-state index in [0.29, 0.717) is 0 Å². The number of fused-ring (bicyclic) bond motifs is 27. The third-order valence-corrected chi connectivity index (χ3v) is 29.0. The number of hydrogen-bond acceptors (Lipinski definition) is 6. The molecule has 30 rings (SSSR count). The maximum Gasteiger partial charge on any atom is 0.145 e. The van der Waals surface area contributed by atoms with Crippen LogP contribution in [-0.4, -0.2) is 13.7 Å². The van der Waals surface area contributed by atoms with Crippen LogP contribution in [0.3, 0.4) is 0 Å². The van der Waals surface area contributed by atoms with Crippen LogP contribution in [0.4, 0.5) is 51.2 Å². The molecule has 0 fully saturated rings. The Bertz CT molecular complexity index is 8480. The largest absolute Gasteiger partial charge is 0.455 e. The summed E-state index contributed by atoms with van der Waals surface area (Å²) in [5.41, 5.74) is 39.1. The molecule has 3 aliphatic rings. The highest BCUT2D eigenvalue weighted by Gasteiger charge is 2.35. The van der Waals surface area contributed by atoms with Gasteiger partial charge in [0.1, 0.15) is 22.3 Å². The molecule has 0 amide bonds. The Balaban J connectivity index is 0.000000101. The molecule has 0 atom stereocenters. The first-order chi connectivity index (χ1) is 67.0. The van der Waals surface area contributed by atoms with Gasteiger partial charge in [-0.1, -0.05) is 315 Å². The van der Waals surface area contributed by atoms with Gasteiger partial charge in [-0.2, -0.15) is 0 Å². The summed E-state index contributed by atoms with van der Waals surface area (Å²) < 4.78 is 23.2. The molecule has 9 heterocycles. The zero-order chi connectivity index (χ0) is 88.5. The van der Waals surface area contributed by atoms with E-state index in [-0.39, 0.29) is 0 Å². The molecule has 0 radical (unpaired) electrons. The average molecular weight is 1740 g/mol. The highest BCUT2D eigenvalue weighted by atomic mass is 32.1. The molecule has 27 aromatic rings. The first kappa shape index (κ1) is 76.1. The Labute approximate surface area is 780 Å². The molecule has 0 aliphatic carbocycles. The fourth-order valence-electron chi connectivity index (χ4n) is 22.0. The Morgan fingerprint density at radius 3 is 0.770 bits per heavy atom. The predicted octanol–water partition coefficient (Wildman–Crippen LogP) is 35.9. The number of thiophene rings is 1. The molecule has 6 aromatic heterocycles. The van der Waals surface area contributed by atoms with E-state index in [4.69, 9.17) is 8.83 Å². The highest BCUT2D eigenvalue weighted by molar-refractivity contribution is 7.26. The highest BCUT2D eigenvalue weighted by Crippen LogP contribution is 2.58. The number of anilines is 9. The molecule has 0 bridgehead atoms. The van der Waals surface area contributed by atoms with E-state index < -0.39 is 0 Å². The lowest BCUT2D eigenvalue weighted by Gasteiger charge is -2.33.